The van der Waals surface area contributed by atoms with Crippen LogP contribution in [0, 0.1) is 0 Å². The number of aliphatic hydroxyl groups is 1. The van der Waals surface area contributed by atoms with E-state index in [4.69, 9.17) is 11.5 Å². The van der Waals surface area contributed by atoms with Gasteiger partial charge in [-0.1, -0.05) is 12.1 Å². The number of phenolic OH excluding ortho intramolecular Hbond substituents is 1. The number of primary amides is 1. The van der Waals surface area contributed by atoms with Gasteiger partial charge in [-0.05, 0) is 31.0 Å². The standard InChI is InChI=1S/C24H33N7O8/c1-12(32)20(31-21(35)16(25)9-14-10-27-11-28-14)23(37)30-18(8-13-2-4-15(33)5-3-13)22(36)29-17(24(38)39)6-7-19(26)34/h2-5,10-12,16-18,20,32-33H,6-9,25H2,1H3,(H2,26,34)(H,27,28)(H,29,36)(H,30,37)(H,31,35)(H,38,39). The number of benzene rings is 1. The van der Waals surface area contributed by atoms with Gasteiger partial charge < -0.3 is 47.7 Å². The highest BCUT2D eigenvalue weighted by Gasteiger charge is 2.32. The normalized spacial score (nSPS) is 14.7. The lowest BCUT2D eigenvalue weighted by atomic mass is 10.0. The number of hydrogen-bond donors (Lipinski definition) is 9. The van der Waals surface area contributed by atoms with Crippen LogP contribution in [-0.4, -0.2) is 85.2 Å². The number of hydrogen-bond acceptors (Lipinski definition) is 9. The molecule has 39 heavy (non-hydrogen) atoms. The molecule has 1 aromatic carbocycles. The fourth-order valence-electron chi connectivity index (χ4n) is 3.55. The third-order valence-corrected chi connectivity index (χ3v) is 5.70. The van der Waals surface area contributed by atoms with Crippen LogP contribution in [0.25, 0.3) is 0 Å². The maximum absolute atomic E-state index is 13.1. The summed E-state index contributed by atoms with van der Waals surface area (Å²) in [7, 11) is 0. The van der Waals surface area contributed by atoms with Crippen LogP contribution >= 0.6 is 0 Å². The molecule has 1 heterocycles. The van der Waals surface area contributed by atoms with Crippen molar-refractivity contribution in [3.63, 3.8) is 0 Å². The molecule has 0 fully saturated rings. The number of carbonyl (C=O) groups excluding carboxylic acids is 4. The molecule has 0 saturated heterocycles. The molecule has 0 saturated carbocycles. The van der Waals surface area contributed by atoms with E-state index in [-0.39, 0.29) is 31.4 Å². The molecule has 2 rings (SSSR count). The molecule has 15 nitrogen and oxygen atoms in total. The van der Waals surface area contributed by atoms with Gasteiger partial charge in [0.15, 0.2) is 0 Å². The van der Waals surface area contributed by atoms with Gasteiger partial charge in [0.05, 0.1) is 18.5 Å². The maximum Gasteiger partial charge on any atom is 0.326 e. The van der Waals surface area contributed by atoms with Crippen LogP contribution in [0.5, 0.6) is 5.75 Å². The SMILES string of the molecule is CC(O)C(NC(=O)C(N)Cc1cnc[nH]1)C(=O)NC(Cc1ccc(O)cc1)C(=O)NC(CCC(N)=O)C(=O)O. The number of aromatic hydroxyl groups is 1. The fourth-order valence-corrected chi connectivity index (χ4v) is 3.55. The van der Waals surface area contributed by atoms with E-state index in [0.29, 0.717) is 11.3 Å². The first-order valence-corrected chi connectivity index (χ1v) is 12.0. The van der Waals surface area contributed by atoms with Crippen LogP contribution in [0.3, 0.4) is 0 Å². The molecule has 11 N–H and O–H groups in total. The van der Waals surface area contributed by atoms with Gasteiger partial charge in [-0.15, -0.1) is 0 Å². The molecule has 0 bridgehead atoms. The number of aromatic nitrogens is 2. The molecule has 212 valence electrons. The average Bonchev–Trinajstić information content (AvgIpc) is 3.38. The lowest BCUT2D eigenvalue weighted by Gasteiger charge is -2.26. The number of rotatable bonds is 15. The zero-order valence-electron chi connectivity index (χ0n) is 21.2. The van der Waals surface area contributed by atoms with Crippen molar-refractivity contribution in [2.75, 3.05) is 0 Å². The van der Waals surface area contributed by atoms with Crippen LogP contribution < -0.4 is 27.4 Å². The van der Waals surface area contributed by atoms with Gasteiger partial charge in [0, 0.05) is 31.2 Å². The number of carbonyl (C=O) groups is 5. The Morgan fingerprint density at radius 3 is 2.15 bits per heavy atom. The second-order valence-corrected chi connectivity index (χ2v) is 8.95. The summed E-state index contributed by atoms with van der Waals surface area (Å²) in [6, 6.07) is 0.268. The quantitative estimate of drug-likeness (QED) is 0.112. The van der Waals surface area contributed by atoms with Crippen LogP contribution in [0.2, 0.25) is 0 Å². The molecule has 5 atom stereocenters. The smallest absolute Gasteiger partial charge is 0.326 e. The minimum absolute atomic E-state index is 0.0375. The average molecular weight is 548 g/mol. The molecule has 1 aromatic heterocycles. The van der Waals surface area contributed by atoms with Crippen molar-refractivity contribution in [1.29, 1.82) is 0 Å². The van der Waals surface area contributed by atoms with E-state index < -0.39 is 59.9 Å². The summed E-state index contributed by atoms with van der Waals surface area (Å²) in [6.45, 7) is 1.25. The maximum atomic E-state index is 13.1. The van der Waals surface area contributed by atoms with Gasteiger partial charge in [0.2, 0.25) is 23.6 Å². The Morgan fingerprint density at radius 2 is 1.62 bits per heavy atom. The van der Waals surface area contributed by atoms with Crippen LogP contribution in [0.15, 0.2) is 36.8 Å². The Bertz CT molecular complexity index is 1140. The van der Waals surface area contributed by atoms with Gasteiger partial charge >= 0.3 is 5.97 Å². The number of nitrogens with one attached hydrogen (secondary N) is 4. The number of phenols is 1. The molecule has 15 heteroatoms. The van der Waals surface area contributed by atoms with Crippen molar-refractivity contribution in [3.05, 3.63) is 48.0 Å². The van der Waals surface area contributed by atoms with E-state index in [1.807, 2.05) is 0 Å². The first-order valence-electron chi connectivity index (χ1n) is 12.0. The molecule has 4 amide bonds. The van der Waals surface area contributed by atoms with Crippen molar-refractivity contribution in [2.24, 2.45) is 11.5 Å². The second kappa shape index (κ2) is 14.4. The van der Waals surface area contributed by atoms with E-state index >= 15 is 0 Å². The number of carboxylic acids is 1. The monoisotopic (exact) mass is 547 g/mol. The van der Waals surface area contributed by atoms with Crippen molar-refractivity contribution in [1.82, 2.24) is 25.9 Å². The minimum atomic E-state index is -1.51. The summed E-state index contributed by atoms with van der Waals surface area (Å²) in [5, 5.41) is 36.2. The van der Waals surface area contributed by atoms with Crippen molar-refractivity contribution in [2.45, 2.75) is 62.9 Å². The summed E-state index contributed by atoms with van der Waals surface area (Å²) in [5.41, 5.74) is 12.1. The Labute approximate surface area is 223 Å². The summed E-state index contributed by atoms with van der Waals surface area (Å²) < 4.78 is 0. The summed E-state index contributed by atoms with van der Waals surface area (Å²) in [6.07, 6.45) is 0.847. The van der Waals surface area contributed by atoms with Crippen LogP contribution in [0.4, 0.5) is 0 Å². The zero-order chi connectivity index (χ0) is 29.1. The lowest BCUT2D eigenvalue weighted by Crippen LogP contribution is -2.60. The highest BCUT2D eigenvalue weighted by molar-refractivity contribution is 5.94. The molecule has 5 unspecified atom stereocenters. The number of imidazole rings is 1. The lowest BCUT2D eigenvalue weighted by molar-refractivity contribution is -0.142. The molecular formula is C24H33N7O8. The van der Waals surface area contributed by atoms with E-state index in [9.17, 15) is 39.3 Å². The highest BCUT2D eigenvalue weighted by atomic mass is 16.4. The van der Waals surface area contributed by atoms with Gasteiger partial charge in [0.1, 0.15) is 23.9 Å². The molecule has 0 aliphatic carbocycles. The predicted molar refractivity (Wildman–Crippen MR) is 136 cm³/mol. The molecule has 2 aromatic rings. The van der Waals surface area contributed by atoms with E-state index in [2.05, 4.69) is 25.9 Å². The Balaban J connectivity index is 2.19. The largest absolute Gasteiger partial charge is 0.508 e. The third-order valence-electron chi connectivity index (χ3n) is 5.70. The Kier molecular flexibility index (Phi) is 11.4. The summed E-state index contributed by atoms with van der Waals surface area (Å²) >= 11 is 0. The Hall–Kier alpha value is -4.50. The number of aliphatic carboxylic acids is 1. The molecule has 0 spiro atoms. The fraction of sp³-hybridized carbons (Fsp3) is 0.417. The summed E-state index contributed by atoms with van der Waals surface area (Å²) in [4.78, 5) is 68.1. The zero-order valence-corrected chi connectivity index (χ0v) is 21.2. The molecule has 0 aliphatic rings. The number of nitrogens with zero attached hydrogens (tertiary/aromatic N) is 1. The van der Waals surface area contributed by atoms with E-state index in [0.717, 1.165) is 0 Å². The molecule has 0 radical (unpaired) electrons. The molecular weight excluding hydrogens is 514 g/mol. The number of aliphatic hydroxyl groups excluding tert-OH is 1. The van der Waals surface area contributed by atoms with Gasteiger partial charge in [-0.2, -0.15) is 0 Å². The predicted octanol–water partition coefficient (Wildman–Crippen LogP) is -2.59. The number of aromatic amines is 1. The first-order chi connectivity index (χ1) is 18.4. The number of carboxylic acid groups (broad SMARTS) is 1. The van der Waals surface area contributed by atoms with E-state index in [1.54, 1.807) is 0 Å². The van der Waals surface area contributed by atoms with Crippen molar-refractivity contribution >= 4 is 29.6 Å². The van der Waals surface area contributed by atoms with Gasteiger partial charge in [0.25, 0.3) is 0 Å². The molecule has 0 aliphatic heterocycles. The van der Waals surface area contributed by atoms with Crippen LogP contribution in [-0.2, 0) is 36.8 Å². The highest BCUT2D eigenvalue weighted by Crippen LogP contribution is 2.12. The van der Waals surface area contributed by atoms with Crippen molar-refractivity contribution in [3.8, 4) is 5.75 Å². The Morgan fingerprint density at radius 1 is 0.974 bits per heavy atom. The van der Waals surface area contributed by atoms with Crippen LogP contribution in [0.1, 0.15) is 31.0 Å². The topological polar surface area (TPSA) is 263 Å². The number of nitrogens with two attached hydrogens (primary N) is 2. The number of H-pyrrole nitrogens is 1. The first kappa shape index (κ1) is 30.7. The van der Waals surface area contributed by atoms with E-state index in [1.165, 1.54) is 43.7 Å². The third kappa shape index (κ3) is 10.1. The summed E-state index contributed by atoms with van der Waals surface area (Å²) in [5.74, 6) is -4.80. The van der Waals surface area contributed by atoms with Crippen molar-refractivity contribution < 1.29 is 39.3 Å². The van der Waals surface area contributed by atoms with Gasteiger partial charge in [-0.25, -0.2) is 9.78 Å². The van der Waals surface area contributed by atoms with Gasteiger partial charge in [-0.3, -0.25) is 19.2 Å². The number of amides is 4. The minimum Gasteiger partial charge on any atom is -0.508 e. The second-order valence-electron chi connectivity index (χ2n) is 8.95.